The van der Waals surface area contributed by atoms with Crippen molar-refractivity contribution in [3.05, 3.63) is 0 Å². The third-order valence-electron chi connectivity index (χ3n) is 5.11. The summed E-state index contributed by atoms with van der Waals surface area (Å²) in [5.41, 5.74) is 0.200. The third kappa shape index (κ3) is 4.17. The molecule has 1 N–H and O–H groups in total. The van der Waals surface area contributed by atoms with E-state index in [2.05, 4.69) is 23.9 Å². The molecule has 1 saturated heterocycles. The van der Waals surface area contributed by atoms with Crippen molar-refractivity contribution in [2.24, 2.45) is 5.41 Å². The summed E-state index contributed by atoms with van der Waals surface area (Å²) < 4.78 is 0. The first-order valence-electron chi connectivity index (χ1n) is 8.15. The maximum Gasteiger partial charge on any atom is 0.0499 e. The Balaban J connectivity index is 1.96. The van der Waals surface area contributed by atoms with Gasteiger partial charge in [-0.1, -0.05) is 25.7 Å². The lowest BCUT2D eigenvalue weighted by molar-refractivity contribution is 0.0502. The second-order valence-electron chi connectivity index (χ2n) is 7.10. The van der Waals surface area contributed by atoms with Crippen LogP contribution in [0.2, 0.25) is 0 Å². The summed E-state index contributed by atoms with van der Waals surface area (Å²) >= 11 is 0. The first-order chi connectivity index (χ1) is 9.15. The zero-order chi connectivity index (χ0) is 13.7. The molecule has 3 heteroatoms. The summed E-state index contributed by atoms with van der Waals surface area (Å²) in [7, 11) is 4.34. The Morgan fingerprint density at radius 1 is 1.11 bits per heavy atom. The Bertz CT molecular complexity index is 259. The van der Waals surface area contributed by atoms with E-state index in [1.165, 1.54) is 64.5 Å². The van der Waals surface area contributed by atoms with E-state index in [0.29, 0.717) is 12.6 Å². The predicted octanol–water partition coefficient (Wildman–Crippen LogP) is 2.35. The van der Waals surface area contributed by atoms with Crippen molar-refractivity contribution in [1.82, 2.24) is 9.80 Å². The third-order valence-corrected chi connectivity index (χ3v) is 5.11. The lowest BCUT2D eigenvalue weighted by atomic mass is 9.80. The zero-order valence-electron chi connectivity index (χ0n) is 12.9. The quantitative estimate of drug-likeness (QED) is 0.775. The highest BCUT2D eigenvalue weighted by Gasteiger charge is 2.36. The number of rotatable bonds is 5. The lowest BCUT2D eigenvalue weighted by Crippen LogP contribution is -2.45. The van der Waals surface area contributed by atoms with Gasteiger partial charge in [0.15, 0.2) is 0 Å². The number of hydrogen-bond acceptors (Lipinski definition) is 3. The predicted molar refractivity (Wildman–Crippen MR) is 80.4 cm³/mol. The molecule has 0 amide bonds. The maximum absolute atomic E-state index is 9.96. The number of hydrogen-bond donors (Lipinski definition) is 1. The molecular weight excluding hydrogens is 236 g/mol. The largest absolute Gasteiger partial charge is 0.396 e. The van der Waals surface area contributed by atoms with E-state index < -0.39 is 0 Å². The Kier molecular flexibility index (Phi) is 5.67. The molecule has 112 valence electrons. The summed E-state index contributed by atoms with van der Waals surface area (Å²) in [4.78, 5) is 4.98. The Labute approximate surface area is 119 Å². The standard InChI is InChI=1S/C16H32N2O/c1-17(2)12-15-8-7-11-18(15)13-16(14-19)9-5-3-4-6-10-16/h15,19H,3-14H2,1-2H3. The van der Waals surface area contributed by atoms with E-state index in [9.17, 15) is 5.11 Å². The molecule has 1 atom stereocenters. The van der Waals surface area contributed by atoms with E-state index >= 15 is 0 Å². The molecule has 3 nitrogen and oxygen atoms in total. The second-order valence-corrected chi connectivity index (χ2v) is 7.10. The van der Waals surface area contributed by atoms with Crippen molar-refractivity contribution in [3.63, 3.8) is 0 Å². The molecule has 1 heterocycles. The first-order valence-corrected chi connectivity index (χ1v) is 8.15. The minimum absolute atomic E-state index is 0.200. The van der Waals surface area contributed by atoms with Crippen LogP contribution in [0.3, 0.4) is 0 Å². The van der Waals surface area contributed by atoms with Crippen LogP contribution in [0.25, 0.3) is 0 Å². The average molecular weight is 268 g/mol. The van der Waals surface area contributed by atoms with Crippen molar-refractivity contribution >= 4 is 0 Å². The highest BCUT2D eigenvalue weighted by molar-refractivity contribution is 4.89. The molecule has 0 aromatic carbocycles. The van der Waals surface area contributed by atoms with Gasteiger partial charge in [0.25, 0.3) is 0 Å². The molecule has 1 unspecified atom stereocenters. The van der Waals surface area contributed by atoms with Crippen LogP contribution in [0.4, 0.5) is 0 Å². The van der Waals surface area contributed by atoms with Gasteiger partial charge in [-0.05, 0) is 46.3 Å². The molecule has 0 aromatic heterocycles. The van der Waals surface area contributed by atoms with Gasteiger partial charge in [-0.15, -0.1) is 0 Å². The van der Waals surface area contributed by atoms with Gasteiger partial charge in [0.2, 0.25) is 0 Å². The highest BCUT2D eigenvalue weighted by atomic mass is 16.3. The Morgan fingerprint density at radius 3 is 2.37 bits per heavy atom. The van der Waals surface area contributed by atoms with Crippen LogP contribution < -0.4 is 0 Å². The van der Waals surface area contributed by atoms with Crippen LogP contribution in [0, 0.1) is 5.41 Å². The fraction of sp³-hybridized carbons (Fsp3) is 1.00. The molecule has 1 aliphatic carbocycles. The molecule has 0 spiro atoms. The van der Waals surface area contributed by atoms with Crippen molar-refractivity contribution < 1.29 is 5.11 Å². The Hall–Kier alpha value is -0.120. The van der Waals surface area contributed by atoms with Gasteiger partial charge in [0.1, 0.15) is 0 Å². The molecule has 0 aromatic rings. The van der Waals surface area contributed by atoms with E-state index in [4.69, 9.17) is 0 Å². The molecule has 2 aliphatic rings. The van der Waals surface area contributed by atoms with Gasteiger partial charge < -0.3 is 10.0 Å². The van der Waals surface area contributed by atoms with Crippen LogP contribution in [0.5, 0.6) is 0 Å². The SMILES string of the molecule is CN(C)CC1CCCN1CC1(CO)CCCCCC1. The van der Waals surface area contributed by atoms with Crippen molar-refractivity contribution in [3.8, 4) is 0 Å². The second kappa shape index (κ2) is 7.05. The first kappa shape index (κ1) is 15.3. The molecular formula is C16H32N2O. The fourth-order valence-electron chi connectivity index (χ4n) is 4.01. The van der Waals surface area contributed by atoms with E-state index in [1.54, 1.807) is 0 Å². The minimum atomic E-state index is 0.200. The Morgan fingerprint density at radius 2 is 1.79 bits per heavy atom. The van der Waals surface area contributed by atoms with Crippen LogP contribution in [-0.2, 0) is 0 Å². The molecule has 2 rings (SSSR count). The fourth-order valence-corrected chi connectivity index (χ4v) is 4.01. The molecule has 2 fully saturated rings. The summed E-state index contributed by atoms with van der Waals surface area (Å²) in [6.07, 6.45) is 10.5. The normalized spacial score (nSPS) is 28.7. The summed E-state index contributed by atoms with van der Waals surface area (Å²) in [5, 5.41) is 9.96. The van der Waals surface area contributed by atoms with Crippen molar-refractivity contribution in [2.75, 3.05) is 40.3 Å². The molecule has 1 saturated carbocycles. The van der Waals surface area contributed by atoms with Crippen LogP contribution >= 0.6 is 0 Å². The summed E-state index contributed by atoms with van der Waals surface area (Å²) in [6, 6.07) is 0.710. The highest BCUT2D eigenvalue weighted by Crippen LogP contribution is 2.37. The van der Waals surface area contributed by atoms with Gasteiger partial charge in [-0.2, -0.15) is 0 Å². The number of aliphatic hydroxyl groups excluding tert-OH is 1. The molecule has 19 heavy (non-hydrogen) atoms. The maximum atomic E-state index is 9.96. The van der Waals surface area contributed by atoms with Crippen LogP contribution in [-0.4, -0.2) is 61.3 Å². The molecule has 1 aliphatic heterocycles. The van der Waals surface area contributed by atoms with Crippen LogP contribution in [0.1, 0.15) is 51.4 Å². The number of likely N-dealkylation sites (tertiary alicyclic amines) is 1. The van der Waals surface area contributed by atoms with Gasteiger partial charge in [-0.3, -0.25) is 4.90 Å². The van der Waals surface area contributed by atoms with Gasteiger partial charge in [0, 0.05) is 31.2 Å². The summed E-state index contributed by atoms with van der Waals surface area (Å²) in [5.74, 6) is 0. The van der Waals surface area contributed by atoms with E-state index in [-0.39, 0.29) is 5.41 Å². The van der Waals surface area contributed by atoms with Crippen molar-refractivity contribution in [1.29, 1.82) is 0 Å². The monoisotopic (exact) mass is 268 g/mol. The van der Waals surface area contributed by atoms with Crippen molar-refractivity contribution in [2.45, 2.75) is 57.4 Å². The topological polar surface area (TPSA) is 26.7 Å². The lowest BCUT2D eigenvalue weighted by Gasteiger charge is -2.38. The van der Waals surface area contributed by atoms with E-state index in [0.717, 1.165) is 6.54 Å². The van der Waals surface area contributed by atoms with Gasteiger partial charge >= 0.3 is 0 Å². The van der Waals surface area contributed by atoms with Gasteiger partial charge in [-0.25, -0.2) is 0 Å². The molecule has 0 radical (unpaired) electrons. The van der Waals surface area contributed by atoms with Crippen LogP contribution in [0.15, 0.2) is 0 Å². The average Bonchev–Trinajstić information content (AvgIpc) is 2.65. The number of likely N-dealkylation sites (N-methyl/N-ethyl adjacent to an activating group) is 1. The zero-order valence-corrected chi connectivity index (χ0v) is 12.9. The minimum Gasteiger partial charge on any atom is -0.396 e. The van der Waals surface area contributed by atoms with Gasteiger partial charge in [0.05, 0.1) is 0 Å². The number of aliphatic hydroxyl groups is 1. The summed E-state index contributed by atoms with van der Waals surface area (Å²) in [6.45, 7) is 3.92. The van der Waals surface area contributed by atoms with E-state index in [1.807, 2.05) is 0 Å². The molecule has 0 bridgehead atoms. The smallest absolute Gasteiger partial charge is 0.0499 e. The number of nitrogens with zero attached hydrogens (tertiary/aromatic N) is 2.